The number of thioether (sulfide) groups is 1. The van der Waals surface area contributed by atoms with Gasteiger partial charge in [-0.15, -0.1) is 11.8 Å². The number of carbonyl (C=O) groups is 2. The van der Waals surface area contributed by atoms with Crippen LogP contribution in [0.4, 0.5) is 9.59 Å². The Morgan fingerprint density at radius 1 is 0.935 bits per heavy atom. The van der Waals surface area contributed by atoms with E-state index in [0.29, 0.717) is 39.3 Å². The average molecular weight is 450 g/mol. The highest BCUT2D eigenvalue weighted by molar-refractivity contribution is 7.99. The fraction of sp³-hybridized carbons (Fsp3) is 0.652. The van der Waals surface area contributed by atoms with Crippen LogP contribution in [0.1, 0.15) is 33.3 Å². The molecule has 0 N–H and O–H groups in total. The molecule has 0 aromatic heterocycles. The first kappa shape index (κ1) is 23.6. The number of hydrogen-bond acceptors (Lipinski definition) is 5. The van der Waals surface area contributed by atoms with Crippen molar-refractivity contribution in [3.05, 3.63) is 23.8 Å². The number of nitrogens with zero attached hydrogens (tertiary/aromatic N) is 3. The lowest BCUT2D eigenvalue weighted by atomic mass is 9.96. The summed E-state index contributed by atoms with van der Waals surface area (Å²) in [6.07, 6.45) is -0.370. The summed E-state index contributed by atoms with van der Waals surface area (Å²) in [6, 6.07) is 6.08. The van der Waals surface area contributed by atoms with Gasteiger partial charge in [-0.05, 0) is 35.6 Å². The smallest absolute Gasteiger partial charge is 0.410 e. The molecule has 1 fully saturated rings. The molecule has 7 nitrogen and oxygen atoms in total. The van der Waals surface area contributed by atoms with E-state index in [1.54, 1.807) is 23.8 Å². The predicted molar refractivity (Wildman–Crippen MR) is 123 cm³/mol. The van der Waals surface area contributed by atoms with Crippen LogP contribution in [0.15, 0.2) is 23.1 Å². The molecule has 1 aromatic rings. The van der Waals surface area contributed by atoms with Crippen LogP contribution in [0, 0.1) is 11.8 Å². The molecule has 0 aliphatic carbocycles. The zero-order valence-electron chi connectivity index (χ0n) is 19.3. The predicted octanol–water partition coefficient (Wildman–Crippen LogP) is 4.16. The fourth-order valence-electron chi connectivity index (χ4n) is 4.17. The van der Waals surface area contributed by atoms with Crippen LogP contribution >= 0.6 is 11.8 Å². The number of fused-ring (bicyclic) bond motifs is 1. The van der Waals surface area contributed by atoms with Gasteiger partial charge in [0.25, 0.3) is 0 Å². The van der Waals surface area contributed by atoms with E-state index in [9.17, 15) is 9.59 Å². The summed E-state index contributed by atoms with van der Waals surface area (Å²) in [4.78, 5) is 32.5. The first-order valence-corrected chi connectivity index (χ1v) is 12.1. The second-order valence-corrected chi connectivity index (χ2v) is 9.97. The minimum Gasteiger partial charge on any atom is -0.497 e. The Morgan fingerprint density at radius 2 is 1.58 bits per heavy atom. The number of carbonyl (C=O) groups excluding carboxylic acids is 2. The second kappa shape index (κ2) is 10.5. The molecule has 2 aliphatic heterocycles. The van der Waals surface area contributed by atoms with E-state index in [1.807, 2.05) is 21.9 Å². The lowest BCUT2D eigenvalue weighted by molar-refractivity contribution is 0.0107. The van der Waals surface area contributed by atoms with Gasteiger partial charge in [0.2, 0.25) is 0 Å². The summed E-state index contributed by atoms with van der Waals surface area (Å²) < 4.78 is 11.1. The third-order valence-corrected chi connectivity index (χ3v) is 6.97. The fourth-order valence-corrected chi connectivity index (χ4v) is 5.18. The van der Waals surface area contributed by atoms with Gasteiger partial charge in [0.15, 0.2) is 0 Å². The van der Waals surface area contributed by atoms with Gasteiger partial charge >= 0.3 is 12.1 Å². The Morgan fingerprint density at radius 3 is 2.19 bits per heavy atom. The highest BCUT2D eigenvalue weighted by atomic mass is 32.2. The molecule has 172 valence electrons. The summed E-state index contributed by atoms with van der Waals surface area (Å²) in [5, 5.41) is 0. The van der Waals surface area contributed by atoms with Gasteiger partial charge in [0.1, 0.15) is 11.9 Å². The molecule has 0 atom stereocenters. The van der Waals surface area contributed by atoms with Crippen molar-refractivity contribution in [3.63, 3.8) is 0 Å². The summed E-state index contributed by atoms with van der Waals surface area (Å²) >= 11 is 1.77. The normalized spacial score (nSPS) is 17.1. The number of benzene rings is 1. The zero-order chi connectivity index (χ0) is 22.5. The van der Waals surface area contributed by atoms with Crippen molar-refractivity contribution < 1.29 is 19.1 Å². The second-order valence-electron chi connectivity index (χ2n) is 8.84. The molecule has 1 saturated heterocycles. The van der Waals surface area contributed by atoms with E-state index in [0.717, 1.165) is 17.1 Å². The summed E-state index contributed by atoms with van der Waals surface area (Å²) in [5.74, 6) is 2.22. The molecule has 0 saturated carbocycles. The SMILES string of the molecule is COc1ccc2c(c1)CN(C(=O)N1CCN(C(=O)OC(C(C)C)C(C)C)CC1)CCS2. The van der Waals surface area contributed by atoms with Crippen molar-refractivity contribution in [2.45, 2.75) is 45.2 Å². The molecule has 2 heterocycles. The number of methoxy groups -OCH3 is 1. The number of hydrogen-bond donors (Lipinski definition) is 0. The molecule has 2 aliphatic rings. The quantitative estimate of drug-likeness (QED) is 0.691. The van der Waals surface area contributed by atoms with Gasteiger partial charge in [0, 0.05) is 49.9 Å². The Balaban J connectivity index is 1.56. The van der Waals surface area contributed by atoms with E-state index in [4.69, 9.17) is 9.47 Å². The molecule has 3 amide bonds. The van der Waals surface area contributed by atoms with Crippen molar-refractivity contribution in [1.29, 1.82) is 0 Å². The third-order valence-electron chi connectivity index (χ3n) is 5.88. The first-order chi connectivity index (χ1) is 14.8. The van der Waals surface area contributed by atoms with Gasteiger partial charge in [-0.2, -0.15) is 0 Å². The van der Waals surface area contributed by atoms with Crippen molar-refractivity contribution in [3.8, 4) is 5.75 Å². The van der Waals surface area contributed by atoms with Crippen LogP contribution in [0.5, 0.6) is 5.75 Å². The van der Waals surface area contributed by atoms with Gasteiger partial charge in [-0.1, -0.05) is 27.7 Å². The average Bonchev–Trinajstić information content (AvgIpc) is 2.98. The summed E-state index contributed by atoms with van der Waals surface area (Å²) in [5.41, 5.74) is 1.12. The standard InChI is InChI=1S/C23H35N3O4S/c1-16(2)21(17(3)4)30-23(28)25-10-8-24(9-11-25)22(27)26-12-13-31-20-7-6-19(29-5)14-18(20)15-26/h6-7,14,16-17,21H,8-13,15H2,1-5H3. The number of amides is 3. The molecule has 0 radical (unpaired) electrons. The maximum atomic E-state index is 13.2. The minimum absolute atomic E-state index is 0.0338. The van der Waals surface area contributed by atoms with Crippen LogP contribution in [0.25, 0.3) is 0 Å². The third kappa shape index (κ3) is 5.79. The van der Waals surface area contributed by atoms with Gasteiger partial charge < -0.3 is 24.2 Å². The van der Waals surface area contributed by atoms with Gasteiger partial charge in [-0.25, -0.2) is 9.59 Å². The Kier molecular flexibility index (Phi) is 7.97. The van der Waals surface area contributed by atoms with Crippen LogP contribution in [-0.2, 0) is 11.3 Å². The lowest BCUT2D eigenvalue weighted by Crippen LogP contribution is -2.54. The molecule has 3 rings (SSSR count). The summed E-state index contributed by atoms with van der Waals surface area (Å²) in [7, 11) is 1.66. The van der Waals surface area contributed by atoms with Gasteiger partial charge in [0.05, 0.1) is 7.11 Å². The molecule has 0 spiro atoms. The van der Waals surface area contributed by atoms with Crippen molar-refractivity contribution >= 4 is 23.9 Å². The number of ether oxygens (including phenoxy) is 2. The largest absolute Gasteiger partial charge is 0.497 e. The highest BCUT2D eigenvalue weighted by Gasteiger charge is 2.31. The molecule has 1 aromatic carbocycles. The van der Waals surface area contributed by atoms with Crippen LogP contribution in [-0.4, -0.2) is 78.5 Å². The number of rotatable bonds is 4. The van der Waals surface area contributed by atoms with Gasteiger partial charge in [-0.3, -0.25) is 0 Å². The Hall–Kier alpha value is -2.09. The van der Waals surface area contributed by atoms with E-state index >= 15 is 0 Å². The first-order valence-electron chi connectivity index (χ1n) is 11.1. The van der Waals surface area contributed by atoms with E-state index < -0.39 is 0 Å². The monoisotopic (exact) mass is 449 g/mol. The van der Waals surface area contributed by atoms with Crippen LogP contribution in [0.3, 0.4) is 0 Å². The number of piperazine rings is 1. The zero-order valence-corrected chi connectivity index (χ0v) is 20.1. The maximum absolute atomic E-state index is 13.2. The Labute approximate surface area is 190 Å². The number of urea groups is 1. The van der Waals surface area contributed by atoms with E-state index in [2.05, 4.69) is 33.8 Å². The molecular weight excluding hydrogens is 414 g/mol. The van der Waals surface area contributed by atoms with E-state index in [-0.39, 0.29) is 30.1 Å². The topological polar surface area (TPSA) is 62.3 Å². The van der Waals surface area contributed by atoms with Crippen LogP contribution in [0.2, 0.25) is 0 Å². The van der Waals surface area contributed by atoms with Crippen molar-refractivity contribution in [2.75, 3.05) is 45.6 Å². The lowest BCUT2D eigenvalue weighted by Gasteiger charge is -2.38. The van der Waals surface area contributed by atoms with Crippen molar-refractivity contribution in [2.24, 2.45) is 11.8 Å². The van der Waals surface area contributed by atoms with Crippen molar-refractivity contribution in [1.82, 2.24) is 14.7 Å². The minimum atomic E-state index is -0.272. The molecular formula is C23H35N3O4S. The van der Waals surface area contributed by atoms with E-state index in [1.165, 1.54) is 4.90 Å². The molecule has 0 bridgehead atoms. The molecule has 0 unspecified atom stereocenters. The molecule has 8 heteroatoms. The Bertz CT molecular complexity index is 770. The maximum Gasteiger partial charge on any atom is 0.410 e. The molecule has 31 heavy (non-hydrogen) atoms. The summed E-state index contributed by atoms with van der Waals surface area (Å²) in [6.45, 7) is 11.6. The van der Waals surface area contributed by atoms with Crippen LogP contribution < -0.4 is 4.74 Å². The highest BCUT2D eigenvalue weighted by Crippen LogP contribution is 2.31.